The van der Waals surface area contributed by atoms with Crippen LogP contribution in [0.4, 0.5) is 5.69 Å². The van der Waals surface area contributed by atoms with Crippen LogP contribution < -0.4 is 10.2 Å². The fourth-order valence-corrected chi connectivity index (χ4v) is 3.33. The van der Waals surface area contributed by atoms with Crippen molar-refractivity contribution in [2.24, 2.45) is 0 Å². The number of furan rings is 1. The molecule has 0 bridgehead atoms. The van der Waals surface area contributed by atoms with Gasteiger partial charge in [-0.15, -0.1) is 5.10 Å². The summed E-state index contributed by atoms with van der Waals surface area (Å²) in [5, 5.41) is 8.44. The maximum Gasteiger partial charge on any atom is 0.280 e. The molecule has 0 spiro atoms. The van der Waals surface area contributed by atoms with Gasteiger partial charge in [-0.2, -0.15) is 0 Å². The molecule has 0 fully saturated rings. The first-order chi connectivity index (χ1) is 13.7. The van der Waals surface area contributed by atoms with Crippen molar-refractivity contribution in [3.63, 3.8) is 0 Å². The number of benzene rings is 1. The Labute approximate surface area is 173 Å². The van der Waals surface area contributed by atoms with Crippen molar-refractivity contribution >= 4 is 29.0 Å². The van der Waals surface area contributed by atoms with E-state index < -0.39 is 17.5 Å². The normalized spacial score (nSPS) is 12.4. The summed E-state index contributed by atoms with van der Waals surface area (Å²) in [7, 11) is 0. The number of amides is 2. The second-order valence-electron chi connectivity index (χ2n) is 7.89. The summed E-state index contributed by atoms with van der Waals surface area (Å²) in [6.07, 6.45) is 1.49. The molecule has 2 aromatic heterocycles. The molecule has 1 atom stereocenters. The van der Waals surface area contributed by atoms with E-state index in [0.717, 1.165) is 22.7 Å². The lowest BCUT2D eigenvalue weighted by molar-refractivity contribution is -0.124. The molecule has 8 heteroatoms. The molecular weight excluding hydrogens is 388 g/mol. The summed E-state index contributed by atoms with van der Waals surface area (Å²) in [6.45, 7) is 9.61. The molecule has 0 unspecified atom stereocenters. The first-order valence-corrected chi connectivity index (χ1v) is 10.0. The molecule has 2 heterocycles. The van der Waals surface area contributed by atoms with Crippen LogP contribution in [-0.4, -0.2) is 26.9 Å². The smallest absolute Gasteiger partial charge is 0.280 e. The minimum atomic E-state index is -1.000. The molecule has 1 aromatic carbocycles. The van der Waals surface area contributed by atoms with Gasteiger partial charge in [-0.3, -0.25) is 14.5 Å². The van der Waals surface area contributed by atoms with Gasteiger partial charge in [-0.1, -0.05) is 10.6 Å². The molecule has 0 saturated carbocycles. The number of aryl methyl sites for hydroxylation is 2. The molecule has 0 aliphatic heterocycles. The lowest BCUT2D eigenvalue weighted by Gasteiger charge is -2.32. The first kappa shape index (κ1) is 20.7. The molecule has 7 nitrogen and oxygen atoms in total. The van der Waals surface area contributed by atoms with Crippen molar-refractivity contribution in [2.75, 3.05) is 4.90 Å². The number of carbonyl (C=O) groups excluding carboxylic acids is 2. The summed E-state index contributed by atoms with van der Waals surface area (Å²) >= 11 is 1.08. The zero-order valence-electron chi connectivity index (χ0n) is 17.1. The average molecular weight is 413 g/mol. The van der Waals surface area contributed by atoms with E-state index in [9.17, 15) is 9.59 Å². The standard InChI is InChI=1S/C21H24N4O3S/c1-13-8-9-15(11-14(13)2)25(20(27)16-12-29-24-23-16)18(17-7-6-10-28-17)19(26)22-21(3,4)5/h6-12,18H,1-5H3,(H,22,26)/t18-/m1/s1. The number of hydrogen-bond donors (Lipinski definition) is 1. The van der Waals surface area contributed by atoms with E-state index in [1.807, 2.05) is 52.8 Å². The summed E-state index contributed by atoms with van der Waals surface area (Å²) in [5.74, 6) is -0.406. The Morgan fingerprint density at radius 3 is 2.48 bits per heavy atom. The van der Waals surface area contributed by atoms with Gasteiger partial charge in [0.2, 0.25) is 0 Å². The van der Waals surface area contributed by atoms with Crippen LogP contribution in [-0.2, 0) is 4.79 Å². The van der Waals surface area contributed by atoms with Crippen LogP contribution in [0.2, 0.25) is 0 Å². The van der Waals surface area contributed by atoms with Crippen LogP contribution >= 0.6 is 11.5 Å². The fourth-order valence-electron chi connectivity index (χ4n) is 2.90. The second-order valence-corrected chi connectivity index (χ2v) is 8.50. The molecule has 3 aromatic rings. The lowest BCUT2D eigenvalue weighted by Crippen LogP contribution is -2.49. The average Bonchev–Trinajstić information content (AvgIpc) is 3.33. The number of carbonyl (C=O) groups is 2. The van der Waals surface area contributed by atoms with Crippen molar-refractivity contribution < 1.29 is 14.0 Å². The molecule has 0 aliphatic carbocycles. The molecule has 152 valence electrons. The van der Waals surface area contributed by atoms with E-state index in [2.05, 4.69) is 14.9 Å². The van der Waals surface area contributed by atoms with E-state index in [0.29, 0.717) is 11.4 Å². The second kappa shape index (κ2) is 8.16. The maximum absolute atomic E-state index is 13.4. The molecule has 0 aliphatic rings. The number of anilines is 1. The number of nitrogens with one attached hydrogen (secondary N) is 1. The predicted molar refractivity (Wildman–Crippen MR) is 112 cm³/mol. The number of rotatable bonds is 5. The van der Waals surface area contributed by atoms with Crippen molar-refractivity contribution in [3.8, 4) is 0 Å². The van der Waals surface area contributed by atoms with Crippen molar-refractivity contribution in [1.29, 1.82) is 0 Å². The van der Waals surface area contributed by atoms with Gasteiger partial charge >= 0.3 is 0 Å². The van der Waals surface area contributed by atoms with Crippen LogP contribution in [0.15, 0.2) is 46.4 Å². The third-order valence-corrected chi connectivity index (χ3v) is 4.89. The van der Waals surface area contributed by atoms with E-state index in [1.54, 1.807) is 17.5 Å². The number of hydrogen-bond acceptors (Lipinski definition) is 6. The van der Waals surface area contributed by atoms with Crippen LogP contribution in [0.3, 0.4) is 0 Å². The zero-order valence-corrected chi connectivity index (χ0v) is 17.9. The number of aromatic nitrogens is 2. The van der Waals surface area contributed by atoms with Crippen LogP contribution in [0, 0.1) is 13.8 Å². The highest BCUT2D eigenvalue weighted by Crippen LogP contribution is 2.31. The summed E-state index contributed by atoms with van der Waals surface area (Å²) < 4.78 is 9.36. The van der Waals surface area contributed by atoms with Gasteiger partial charge < -0.3 is 9.73 Å². The minimum Gasteiger partial charge on any atom is -0.467 e. The topological polar surface area (TPSA) is 88.3 Å². The molecule has 29 heavy (non-hydrogen) atoms. The summed E-state index contributed by atoms with van der Waals surface area (Å²) in [4.78, 5) is 28.1. The molecule has 1 N–H and O–H groups in total. The van der Waals surface area contributed by atoms with Gasteiger partial charge in [-0.05, 0) is 81.5 Å². The summed E-state index contributed by atoms with van der Waals surface area (Å²) in [5.41, 5.74) is 2.36. The molecule has 0 saturated heterocycles. The highest BCUT2D eigenvalue weighted by atomic mass is 32.1. The van der Waals surface area contributed by atoms with Crippen LogP contribution in [0.1, 0.15) is 54.2 Å². The van der Waals surface area contributed by atoms with Crippen LogP contribution in [0.5, 0.6) is 0 Å². The maximum atomic E-state index is 13.4. The Morgan fingerprint density at radius 1 is 1.17 bits per heavy atom. The zero-order chi connectivity index (χ0) is 21.2. The first-order valence-electron chi connectivity index (χ1n) is 9.20. The Balaban J connectivity index is 2.15. The van der Waals surface area contributed by atoms with Gasteiger partial charge in [-0.25, -0.2) is 0 Å². The highest BCUT2D eigenvalue weighted by Gasteiger charge is 2.37. The van der Waals surface area contributed by atoms with Crippen molar-refractivity contribution in [1.82, 2.24) is 14.9 Å². The largest absolute Gasteiger partial charge is 0.467 e. The van der Waals surface area contributed by atoms with Crippen molar-refractivity contribution in [3.05, 3.63) is 64.6 Å². The lowest BCUT2D eigenvalue weighted by atomic mass is 10.0. The summed E-state index contributed by atoms with van der Waals surface area (Å²) in [6, 6.07) is 8.01. The van der Waals surface area contributed by atoms with Gasteiger partial charge in [0, 0.05) is 16.6 Å². The van der Waals surface area contributed by atoms with Gasteiger partial charge in [0.05, 0.1) is 6.26 Å². The van der Waals surface area contributed by atoms with Gasteiger partial charge in [0.25, 0.3) is 11.8 Å². The Hall–Kier alpha value is -3.00. The van der Waals surface area contributed by atoms with Gasteiger partial charge in [0.15, 0.2) is 11.7 Å². The monoisotopic (exact) mass is 412 g/mol. The minimum absolute atomic E-state index is 0.174. The van der Waals surface area contributed by atoms with E-state index in [-0.39, 0.29) is 11.6 Å². The predicted octanol–water partition coefficient (Wildman–Crippen LogP) is 4.05. The Morgan fingerprint density at radius 2 is 1.93 bits per heavy atom. The molecular formula is C21H24N4O3S. The number of nitrogens with zero attached hydrogens (tertiary/aromatic N) is 3. The third-order valence-electron chi connectivity index (χ3n) is 4.38. The van der Waals surface area contributed by atoms with Gasteiger partial charge in [0.1, 0.15) is 5.76 Å². The Kier molecular flexibility index (Phi) is 5.83. The third kappa shape index (κ3) is 4.71. The fraction of sp³-hybridized carbons (Fsp3) is 0.333. The van der Waals surface area contributed by atoms with E-state index >= 15 is 0 Å². The van der Waals surface area contributed by atoms with Crippen molar-refractivity contribution in [2.45, 2.75) is 46.2 Å². The van der Waals surface area contributed by atoms with Crippen LogP contribution in [0.25, 0.3) is 0 Å². The Bertz CT molecular complexity index is 992. The molecule has 3 rings (SSSR count). The van der Waals surface area contributed by atoms with E-state index in [1.165, 1.54) is 11.2 Å². The quantitative estimate of drug-likeness (QED) is 0.683. The molecule has 2 amide bonds. The molecule has 0 radical (unpaired) electrons. The van der Waals surface area contributed by atoms with E-state index in [4.69, 9.17) is 4.42 Å². The highest BCUT2D eigenvalue weighted by molar-refractivity contribution is 7.03. The SMILES string of the molecule is Cc1ccc(N(C(=O)c2csnn2)[C@@H](C(=O)NC(C)(C)C)c2ccco2)cc1C.